The number of aromatic hydroxyl groups is 1. The Kier molecular flexibility index (Phi) is 13.1. The number of azo groups is 1. The van der Waals surface area contributed by atoms with Crippen molar-refractivity contribution in [2.75, 3.05) is 0 Å². The number of rotatable bonds is 17. The molecule has 0 saturated heterocycles. The minimum atomic E-state index is -0.484. The van der Waals surface area contributed by atoms with Gasteiger partial charge in [-0.2, -0.15) is 0 Å². The highest BCUT2D eigenvalue weighted by Gasteiger charge is 2.17. The van der Waals surface area contributed by atoms with Gasteiger partial charge in [-0.25, -0.2) is 4.98 Å². The molecule has 7 nitrogen and oxygen atoms in total. The van der Waals surface area contributed by atoms with E-state index in [0.717, 1.165) is 52.0 Å². The molecule has 0 aliphatic rings. The first-order valence-corrected chi connectivity index (χ1v) is 16.3. The van der Waals surface area contributed by atoms with Crippen LogP contribution in [0, 0.1) is 34.8 Å². The molecule has 2 atom stereocenters. The minimum Gasteiger partial charge on any atom is -0.507 e. The number of fused-ring (bicyclic) bond motifs is 1. The molecule has 2 unspecified atom stereocenters. The lowest BCUT2D eigenvalue weighted by Gasteiger charge is -2.15. The molecule has 0 saturated carbocycles. The molecule has 8 heteroatoms. The van der Waals surface area contributed by atoms with Crippen LogP contribution in [0.25, 0.3) is 10.8 Å². The normalized spacial score (nSPS) is 13.8. The van der Waals surface area contributed by atoms with Gasteiger partial charge in [0.2, 0.25) is 5.13 Å². The van der Waals surface area contributed by atoms with Gasteiger partial charge in [-0.1, -0.05) is 109 Å². The van der Waals surface area contributed by atoms with Crippen LogP contribution in [0.2, 0.25) is 0 Å². The molecular weight excluding hydrogens is 544 g/mol. The van der Waals surface area contributed by atoms with Gasteiger partial charge in [0.1, 0.15) is 11.9 Å². The standard InChI is InChI=1S/C34H48N4O3S/c1-23(2)12-9-13-24(3)14-10-15-25(4)16-11-17-26(5)20-21-28-27(6)32(29-18-7-8-19-30(29)33(28)39)36-37-34-35-22-31(42-34)38(40)41/h7-8,18-20,22-25,39H,9-17,21H2,1-6H3/b26-20+,37-36?. The number of benzene rings is 2. The Morgan fingerprint density at radius 2 is 1.62 bits per heavy atom. The van der Waals surface area contributed by atoms with Crippen molar-refractivity contribution in [3.63, 3.8) is 0 Å². The van der Waals surface area contributed by atoms with Crippen LogP contribution in [0.5, 0.6) is 5.75 Å². The highest BCUT2D eigenvalue weighted by atomic mass is 32.1. The number of aromatic nitrogens is 1. The maximum atomic E-state index is 11.2. The summed E-state index contributed by atoms with van der Waals surface area (Å²) in [5.41, 5.74) is 3.64. The van der Waals surface area contributed by atoms with Crippen molar-refractivity contribution in [2.45, 2.75) is 106 Å². The molecule has 2 aromatic carbocycles. The first-order chi connectivity index (χ1) is 20.1. The zero-order valence-corrected chi connectivity index (χ0v) is 27.0. The lowest BCUT2D eigenvalue weighted by molar-refractivity contribution is -0.380. The van der Waals surface area contributed by atoms with E-state index in [0.29, 0.717) is 17.5 Å². The molecule has 0 aliphatic carbocycles. The quantitative estimate of drug-likeness (QED) is 0.0729. The first kappa shape index (κ1) is 33.4. The summed E-state index contributed by atoms with van der Waals surface area (Å²) in [6.45, 7) is 13.5. The number of nitrogens with zero attached hydrogens (tertiary/aromatic N) is 4. The van der Waals surface area contributed by atoms with Gasteiger partial charge < -0.3 is 5.11 Å². The Labute approximate surface area is 255 Å². The van der Waals surface area contributed by atoms with Gasteiger partial charge in [0.15, 0.2) is 0 Å². The van der Waals surface area contributed by atoms with E-state index in [1.807, 2.05) is 31.2 Å². The summed E-state index contributed by atoms with van der Waals surface area (Å²) in [7, 11) is 0. The SMILES string of the molecule is C/C(=C\Cc1c(C)c(N=Nc2ncc([N+](=O)[O-])s2)c2ccccc2c1O)CCCC(C)CCCC(C)CCCC(C)C. The third-order valence-corrected chi connectivity index (χ3v) is 9.06. The molecule has 0 amide bonds. The zero-order chi connectivity index (χ0) is 30.6. The third kappa shape index (κ3) is 10.0. The van der Waals surface area contributed by atoms with Gasteiger partial charge in [-0.05, 0) is 67.8 Å². The summed E-state index contributed by atoms with van der Waals surface area (Å²) in [5, 5.41) is 32.5. The first-order valence-electron chi connectivity index (χ1n) is 15.5. The second kappa shape index (κ2) is 16.5. The van der Waals surface area contributed by atoms with Gasteiger partial charge in [-0.3, -0.25) is 10.1 Å². The lowest BCUT2D eigenvalue weighted by atomic mass is 9.91. The van der Waals surface area contributed by atoms with E-state index in [-0.39, 0.29) is 15.9 Å². The second-order valence-electron chi connectivity index (χ2n) is 12.4. The molecule has 0 spiro atoms. The number of hydrogen-bond acceptors (Lipinski definition) is 7. The molecule has 0 fully saturated rings. The molecule has 3 rings (SSSR count). The van der Waals surface area contributed by atoms with Crippen molar-refractivity contribution in [3.05, 3.63) is 63.4 Å². The second-order valence-corrected chi connectivity index (χ2v) is 13.4. The Hall–Kier alpha value is -3.13. The number of phenols is 1. The molecule has 1 aromatic heterocycles. The Morgan fingerprint density at radius 1 is 1.00 bits per heavy atom. The summed E-state index contributed by atoms with van der Waals surface area (Å²) in [4.78, 5) is 14.5. The van der Waals surface area contributed by atoms with E-state index in [2.05, 4.69) is 55.9 Å². The smallest absolute Gasteiger partial charge is 0.345 e. The van der Waals surface area contributed by atoms with Gasteiger partial charge in [0.05, 0.1) is 10.6 Å². The summed E-state index contributed by atoms with van der Waals surface area (Å²) < 4.78 is 0. The van der Waals surface area contributed by atoms with Crippen LogP contribution < -0.4 is 0 Å². The average Bonchev–Trinajstić information content (AvgIpc) is 3.42. The minimum absolute atomic E-state index is 0.0750. The molecule has 1 heterocycles. The highest BCUT2D eigenvalue weighted by molar-refractivity contribution is 7.18. The highest BCUT2D eigenvalue weighted by Crippen LogP contribution is 2.41. The van der Waals surface area contributed by atoms with E-state index in [9.17, 15) is 15.2 Å². The predicted molar refractivity (Wildman–Crippen MR) is 175 cm³/mol. The van der Waals surface area contributed by atoms with Gasteiger partial charge >= 0.3 is 5.00 Å². The van der Waals surface area contributed by atoms with Crippen molar-refractivity contribution in [2.24, 2.45) is 28.0 Å². The molecule has 0 aliphatic heterocycles. The van der Waals surface area contributed by atoms with Crippen LogP contribution in [-0.4, -0.2) is 15.0 Å². The molecule has 42 heavy (non-hydrogen) atoms. The van der Waals surface area contributed by atoms with E-state index < -0.39 is 4.92 Å². The Balaban J connectivity index is 1.58. The van der Waals surface area contributed by atoms with Crippen LogP contribution in [0.1, 0.15) is 104 Å². The molecule has 3 aromatic rings. The largest absolute Gasteiger partial charge is 0.507 e. The summed E-state index contributed by atoms with van der Waals surface area (Å²) in [5.74, 6) is 2.67. The van der Waals surface area contributed by atoms with Gasteiger partial charge in [0.25, 0.3) is 0 Å². The van der Waals surface area contributed by atoms with Gasteiger partial charge in [-0.15, -0.1) is 10.2 Å². The fourth-order valence-corrected chi connectivity index (χ4v) is 6.08. The Bertz CT molecular complexity index is 1380. The maximum absolute atomic E-state index is 11.2. The average molecular weight is 593 g/mol. The van der Waals surface area contributed by atoms with Crippen molar-refractivity contribution < 1.29 is 10.0 Å². The third-order valence-electron chi connectivity index (χ3n) is 8.22. The summed E-state index contributed by atoms with van der Waals surface area (Å²) in [6, 6.07) is 7.57. The van der Waals surface area contributed by atoms with Crippen LogP contribution in [0.3, 0.4) is 0 Å². The maximum Gasteiger partial charge on any atom is 0.345 e. The van der Waals surface area contributed by atoms with Crippen LogP contribution in [0.4, 0.5) is 15.8 Å². The van der Waals surface area contributed by atoms with Crippen molar-refractivity contribution >= 4 is 37.9 Å². The number of nitro groups is 1. The van der Waals surface area contributed by atoms with E-state index in [1.54, 1.807) is 0 Å². The lowest BCUT2D eigenvalue weighted by Crippen LogP contribution is -2.00. The van der Waals surface area contributed by atoms with Crippen LogP contribution >= 0.6 is 11.3 Å². The number of allylic oxidation sites excluding steroid dienone is 2. The van der Waals surface area contributed by atoms with Gasteiger partial charge in [0, 0.05) is 16.3 Å². The summed E-state index contributed by atoms with van der Waals surface area (Å²) >= 11 is 0.882. The molecule has 228 valence electrons. The van der Waals surface area contributed by atoms with Crippen LogP contribution in [-0.2, 0) is 6.42 Å². The molecule has 0 radical (unpaired) electrons. The number of phenolic OH excluding ortho intramolecular Hbond substituents is 1. The zero-order valence-electron chi connectivity index (χ0n) is 26.2. The van der Waals surface area contributed by atoms with E-state index in [4.69, 9.17) is 0 Å². The van der Waals surface area contributed by atoms with E-state index >= 15 is 0 Å². The predicted octanol–water partition coefficient (Wildman–Crippen LogP) is 11.6. The van der Waals surface area contributed by atoms with Crippen LogP contribution in [0.15, 0.2) is 52.3 Å². The fraction of sp³-hybridized carbons (Fsp3) is 0.559. The molecule has 1 N–H and O–H groups in total. The van der Waals surface area contributed by atoms with Crippen molar-refractivity contribution in [1.82, 2.24) is 4.98 Å². The summed E-state index contributed by atoms with van der Waals surface area (Å²) in [6.07, 6.45) is 15.5. The fourth-order valence-electron chi connectivity index (χ4n) is 5.53. The monoisotopic (exact) mass is 592 g/mol. The Morgan fingerprint density at radius 3 is 2.24 bits per heavy atom. The molecular formula is C34H48N4O3S. The van der Waals surface area contributed by atoms with Crippen molar-refractivity contribution in [1.29, 1.82) is 0 Å². The topological polar surface area (TPSA) is 101 Å². The number of thiazole rings is 1. The van der Waals surface area contributed by atoms with Crippen molar-refractivity contribution in [3.8, 4) is 5.75 Å². The number of hydrogen-bond donors (Lipinski definition) is 1. The molecule has 0 bridgehead atoms. The van der Waals surface area contributed by atoms with E-state index in [1.165, 1.54) is 63.1 Å².